The molecule has 1 amide bonds. The average molecular weight is 308 g/mol. The fourth-order valence-electron chi connectivity index (χ4n) is 2.82. The molecule has 0 radical (unpaired) electrons. The van der Waals surface area contributed by atoms with Gasteiger partial charge in [-0.3, -0.25) is 4.90 Å². The normalized spacial score (nSPS) is 20.5. The van der Waals surface area contributed by atoms with Gasteiger partial charge in [0.15, 0.2) is 0 Å². The highest BCUT2D eigenvalue weighted by Gasteiger charge is 2.33. The molecule has 0 spiro atoms. The molecule has 2 heterocycles. The first-order valence-electron chi connectivity index (χ1n) is 8.01. The van der Waals surface area contributed by atoms with Crippen LogP contribution in [0.2, 0.25) is 0 Å². The van der Waals surface area contributed by atoms with Crippen molar-refractivity contribution in [2.75, 3.05) is 20.1 Å². The first-order valence-corrected chi connectivity index (χ1v) is 8.01. The molecule has 1 aliphatic rings. The van der Waals surface area contributed by atoms with Gasteiger partial charge in [0, 0.05) is 19.1 Å². The number of carbonyl (C=O) groups is 1. The molecule has 0 unspecified atom stereocenters. The van der Waals surface area contributed by atoms with Crippen LogP contribution in [0.4, 0.5) is 4.79 Å². The minimum Gasteiger partial charge on any atom is -0.468 e. The molecule has 1 aromatic rings. The molecule has 22 heavy (non-hydrogen) atoms. The van der Waals surface area contributed by atoms with E-state index in [1.165, 1.54) is 0 Å². The molecule has 2 atom stereocenters. The Bertz CT molecular complexity index is 479. The second-order valence-electron chi connectivity index (χ2n) is 7.10. The Balaban J connectivity index is 1.94. The molecule has 0 bridgehead atoms. The molecule has 0 aliphatic carbocycles. The van der Waals surface area contributed by atoms with Crippen molar-refractivity contribution >= 4 is 6.09 Å². The van der Waals surface area contributed by atoms with Crippen molar-refractivity contribution in [3.05, 3.63) is 24.2 Å². The minimum absolute atomic E-state index is 0.191. The van der Waals surface area contributed by atoms with E-state index in [4.69, 9.17) is 9.15 Å². The van der Waals surface area contributed by atoms with E-state index in [-0.39, 0.29) is 18.2 Å². The van der Waals surface area contributed by atoms with E-state index in [1.54, 1.807) is 6.26 Å². The van der Waals surface area contributed by atoms with Crippen molar-refractivity contribution in [2.24, 2.45) is 0 Å². The monoisotopic (exact) mass is 308 g/mol. The predicted molar refractivity (Wildman–Crippen MR) is 85.7 cm³/mol. The van der Waals surface area contributed by atoms with Crippen LogP contribution in [0.3, 0.4) is 0 Å². The predicted octanol–water partition coefficient (Wildman–Crippen LogP) is 3.67. The van der Waals surface area contributed by atoms with E-state index in [0.29, 0.717) is 0 Å². The summed E-state index contributed by atoms with van der Waals surface area (Å²) in [5.41, 5.74) is -0.447. The summed E-state index contributed by atoms with van der Waals surface area (Å²) in [6.45, 7) is 9.43. The van der Waals surface area contributed by atoms with Crippen LogP contribution in [0.1, 0.15) is 52.3 Å². The van der Waals surface area contributed by atoms with E-state index < -0.39 is 5.60 Å². The summed E-state index contributed by atoms with van der Waals surface area (Å²) in [7, 11) is 2.07. The highest BCUT2D eigenvalue weighted by atomic mass is 16.6. The van der Waals surface area contributed by atoms with E-state index in [0.717, 1.165) is 31.7 Å². The molecule has 5 nitrogen and oxygen atoms in total. The van der Waals surface area contributed by atoms with E-state index in [1.807, 2.05) is 37.8 Å². The van der Waals surface area contributed by atoms with Gasteiger partial charge in [0.05, 0.1) is 12.3 Å². The maximum absolute atomic E-state index is 12.3. The van der Waals surface area contributed by atoms with Gasteiger partial charge in [-0.05, 0) is 59.7 Å². The summed E-state index contributed by atoms with van der Waals surface area (Å²) >= 11 is 0. The van der Waals surface area contributed by atoms with Gasteiger partial charge in [-0.2, -0.15) is 0 Å². The fourth-order valence-corrected chi connectivity index (χ4v) is 2.82. The molecule has 0 N–H and O–H groups in total. The lowest BCUT2D eigenvalue weighted by atomic mass is 10.1. The van der Waals surface area contributed by atoms with Gasteiger partial charge in [0.25, 0.3) is 0 Å². The molecule has 5 heteroatoms. The SMILES string of the molecule is C[C@H](c1ccco1)N(C)C[C@@H]1CCCN1C(=O)OC(C)(C)C. The molecule has 1 saturated heterocycles. The zero-order valence-corrected chi connectivity index (χ0v) is 14.3. The quantitative estimate of drug-likeness (QED) is 0.851. The maximum atomic E-state index is 12.3. The Morgan fingerprint density at radius 2 is 2.27 bits per heavy atom. The van der Waals surface area contributed by atoms with Crippen LogP contribution >= 0.6 is 0 Å². The van der Waals surface area contributed by atoms with Crippen molar-refractivity contribution in [2.45, 2.75) is 58.2 Å². The van der Waals surface area contributed by atoms with E-state index in [9.17, 15) is 4.79 Å². The van der Waals surface area contributed by atoms with Gasteiger partial charge in [-0.15, -0.1) is 0 Å². The van der Waals surface area contributed by atoms with E-state index >= 15 is 0 Å². The Hall–Kier alpha value is -1.49. The van der Waals surface area contributed by atoms with Crippen molar-refractivity contribution < 1.29 is 13.9 Å². The summed E-state index contributed by atoms with van der Waals surface area (Å²) in [5.74, 6) is 0.948. The molecule has 1 fully saturated rings. The Morgan fingerprint density at radius 1 is 1.55 bits per heavy atom. The topological polar surface area (TPSA) is 45.9 Å². The number of rotatable bonds is 4. The number of ether oxygens (including phenoxy) is 1. The number of hydrogen-bond acceptors (Lipinski definition) is 4. The third-order valence-corrected chi connectivity index (χ3v) is 4.12. The fraction of sp³-hybridized carbons (Fsp3) is 0.706. The first-order chi connectivity index (χ1) is 10.3. The summed E-state index contributed by atoms with van der Waals surface area (Å²) in [6.07, 6.45) is 3.55. The lowest BCUT2D eigenvalue weighted by Gasteiger charge is -2.32. The number of hydrogen-bond donors (Lipinski definition) is 0. The van der Waals surface area contributed by atoms with Crippen LogP contribution < -0.4 is 0 Å². The lowest BCUT2D eigenvalue weighted by Crippen LogP contribution is -2.44. The zero-order valence-electron chi connectivity index (χ0n) is 14.3. The number of amides is 1. The number of likely N-dealkylation sites (tertiary alicyclic amines) is 1. The smallest absolute Gasteiger partial charge is 0.410 e. The van der Waals surface area contributed by atoms with Crippen LogP contribution in [-0.2, 0) is 4.74 Å². The molecule has 0 saturated carbocycles. The number of carbonyl (C=O) groups excluding carboxylic acids is 1. The number of likely N-dealkylation sites (N-methyl/N-ethyl adjacent to an activating group) is 1. The summed E-state index contributed by atoms with van der Waals surface area (Å²) in [4.78, 5) is 16.4. The van der Waals surface area contributed by atoms with Crippen LogP contribution in [0, 0.1) is 0 Å². The van der Waals surface area contributed by atoms with Gasteiger partial charge in [0.2, 0.25) is 0 Å². The molecular formula is C17H28N2O3. The standard InChI is InChI=1S/C17H28N2O3/c1-13(15-9-7-11-21-15)18(5)12-14-8-6-10-19(14)16(20)22-17(2,3)4/h7,9,11,13-14H,6,8,10,12H2,1-5H3/t13-,14+/m1/s1. The number of furan rings is 1. The Labute approximate surface area is 133 Å². The van der Waals surface area contributed by atoms with Gasteiger partial charge in [-0.1, -0.05) is 0 Å². The summed E-state index contributed by atoms with van der Waals surface area (Å²) in [5, 5.41) is 0. The second-order valence-corrected chi connectivity index (χ2v) is 7.10. The van der Waals surface area contributed by atoms with Crippen LogP contribution in [0.25, 0.3) is 0 Å². The van der Waals surface area contributed by atoms with Crippen molar-refractivity contribution in [1.29, 1.82) is 0 Å². The van der Waals surface area contributed by atoms with E-state index in [2.05, 4.69) is 18.9 Å². The maximum Gasteiger partial charge on any atom is 0.410 e. The first kappa shape index (κ1) is 16.9. The average Bonchev–Trinajstić information content (AvgIpc) is 3.06. The Morgan fingerprint density at radius 3 is 2.86 bits per heavy atom. The van der Waals surface area contributed by atoms with Gasteiger partial charge in [0.1, 0.15) is 11.4 Å². The summed E-state index contributed by atoms with van der Waals surface area (Å²) in [6, 6.07) is 4.29. The van der Waals surface area contributed by atoms with Crippen molar-refractivity contribution in [1.82, 2.24) is 9.80 Å². The van der Waals surface area contributed by atoms with Crippen molar-refractivity contribution in [3.8, 4) is 0 Å². The molecule has 1 aromatic heterocycles. The van der Waals surface area contributed by atoms with Crippen LogP contribution in [-0.4, -0.2) is 47.7 Å². The molecule has 2 rings (SSSR count). The molecule has 124 valence electrons. The minimum atomic E-state index is -0.447. The van der Waals surface area contributed by atoms with Crippen molar-refractivity contribution in [3.63, 3.8) is 0 Å². The summed E-state index contributed by atoms with van der Waals surface area (Å²) < 4.78 is 11.0. The highest BCUT2D eigenvalue weighted by Crippen LogP contribution is 2.25. The second kappa shape index (κ2) is 6.73. The highest BCUT2D eigenvalue weighted by molar-refractivity contribution is 5.69. The largest absolute Gasteiger partial charge is 0.468 e. The Kier molecular flexibility index (Phi) is 5.16. The molecular weight excluding hydrogens is 280 g/mol. The molecule has 1 aliphatic heterocycles. The van der Waals surface area contributed by atoms with Crippen LogP contribution in [0.15, 0.2) is 22.8 Å². The molecule has 0 aromatic carbocycles. The van der Waals surface area contributed by atoms with Gasteiger partial charge < -0.3 is 14.1 Å². The van der Waals surface area contributed by atoms with Gasteiger partial charge in [-0.25, -0.2) is 4.79 Å². The third-order valence-electron chi connectivity index (χ3n) is 4.12. The zero-order chi connectivity index (χ0) is 16.3. The number of nitrogens with zero attached hydrogens (tertiary/aromatic N) is 2. The lowest BCUT2D eigenvalue weighted by molar-refractivity contribution is 0.0191. The van der Waals surface area contributed by atoms with Gasteiger partial charge >= 0.3 is 6.09 Å². The third kappa shape index (κ3) is 4.26. The van der Waals surface area contributed by atoms with Crippen LogP contribution in [0.5, 0.6) is 0 Å².